The first kappa shape index (κ1) is 13.8. The summed E-state index contributed by atoms with van der Waals surface area (Å²) in [6.07, 6.45) is 8.98. The maximum atomic E-state index is 11.9. The van der Waals surface area contributed by atoms with Crippen LogP contribution in [0.1, 0.15) is 44.9 Å². The van der Waals surface area contributed by atoms with E-state index in [0.717, 1.165) is 31.8 Å². The van der Waals surface area contributed by atoms with Crippen LogP contribution in [0.25, 0.3) is 0 Å². The Labute approximate surface area is 110 Å². The number of carbonyl (C=O) groups excluding carboxylic acids is 1. The molecule has 1 amide bonds. The maximum Gasteiger partial charge on any atom is 0.237 e. The lowest BCUT2D eigenvalue weighted by molar-refractivity contribution is -0.123. The molecule has 2 unspecified atom stereocenters. The van der Waals surface area contributed by atoms with Crippen molar-refractivity contribution < 1.29 is 9.53 Å². The molecule has 0 aromatic heterocycles. The van der Waals surface area contributed by atoms with Crippen LogP contribution >= 0.6 is 0 Å². The predicted octanol–water partition coefficient (Wildman–Crippen LogP) is 1.45. The number of amides is 1. The van der Waals surface area contributed by atoms with E-state index < -0.39 is 0 Å². The van der Waals surface area contributed by atoms with Crippen molar-refractivity contribution in [1.82, 2.24) is 10.6 Å². The van der Waals surface area contributed by atoms with Crippen molar-refractivity contribution in [2.75, 3.05) is 20.2 Å². The average molecular weight is 254 g/mol. The van der Waals surface area contributed by atoms with Gasteiger partial charge in [0.15, 0.2) is 0 Å². The van der Waals surface area contributed by atoms with Crippen LogP contribution in [0.15, 0.2) is 0 Å². The normalized spacial score (nSPS) is 29.4. The first-order valence-electron chi connectivity index (χ1n) is 7.33. The highest BCUT2D eigenvalue weighted by Gasteiger charge is 2.29. The van der Waals surface area contributed by atoms with Gasteiger partial charge in [0.1, 0.15) is 0 Å². The second kappa shape index (κ2) is 7.10. The van der Waals surface area contributed by atoms with E-state index in [1.165, 1.54) is 32.1 Å². The number of hydrogen-bond donors (Lipinski definition) is 2. The van der Waals surface area contributed by atoms with Crippen molar-refractivity contribution in [2.45, 2.75) is 57.1 Å². The van der Waals surface area contributed by atoms with Crippen molar-refractivity contribution in [3.63, 3.8) is 0 Å². The van der Waals surface area contributed by atoms with Gasteiger partial charge in [-0.2, -0.15) is 0 Å². The molecule has 0 radical (unpaired) electrons. The van der Waals surface area contributed by atoms with E-state index in [4.69, 9.17) is 4.74 Å². The Balaban J connectivity index is 1.60. The number of methoxy groups -OCH3 is 1. The Morgan fingerprint density at radius 1 is 1.33 bits per heavy atom. The van der Waals surface area contributed by atoms with Gasteiger partial charge in [0.25, 0.3) is 0 Å². The molecule has 2 rings (SSSR count). The summed E-state index contributed by atoms with van der Waals surface area (Å²) in [7, 11) is 1.70. The first-order chi connectivity index (χ1) is 8.79. The van der Waals surface area contributed by atoms with Crippen molar-refractivity contribution in [3.05, 3.63) is 0 Å². The average Bonchev–Trinajstić information content (AvgIpc) is 2.89. The van der Waals surface area contributed by atoms with Gasteiger partial charge < -0.3 is 15.4 Å². The third-order valence-corrected chi connectivity index (χ3v) is 4.32. The molecule has 104 valence electrons. The van der Waals surface area contributed by atoms with E-state index >= 15 is 0 Å². The zero-order chi connectivity index (χ0) is 12.8. The van der Waals surface area contributed by atoms with Crippen LogP contribution in [0.3, 0.4) is 0 Å². The summed E-state index contributed by atoms with van der Waals surface area (Å²) in [5.41, 5.74) is 0. The Morgan fingerprint density at radius 2 is 2.11 bits per heavy atom. The topological polar surface area (TPSA) is 50.4 Å². The van der Waals surface area contributed by atoms with E-state index in [1.54, 1.807) is 7.11 Å². The van der Waals surface area contributed by atoms with E-state index in [0.29, 0.717) is 0 Å². The highest BCUT2D eigenvalue weighted by molar-refractivity contribution is 5.82. The van der Waals surface area contributed by atoms with E-state index in [9.17, 15) is 4.79 Å². The van der Waals surface area contributed by atoms with Crippen LogP contribution in [0.5, 0.6) is 0 Å². The largest absolute Gasteiger partial charge is 0.380 e. The van der Waals surface area contributed by atoms with Gasteiger partial charge in [0.2, 0.25) is 5.91 Å². The Bertz CT molecular complexity index is 265. The zero-order valence-electron chi connectivity index (χ0n) is 11.4. The van der Waals surface area contributed by atoms with Crippen LogP contribution in [0.4, 0.5) is 0 Å². The molecule has 4 heteroatoms. The van der Waals surface area contributed by atoms with Gasteiger partial charge >= 0.3 is 0 Å². The molecule has 1 aliphatic carbocycles. The van der Waals surface area contributed by atoms with Crippen molar-refractivity contribution in [3.8, 4) is 0 Å². The second-order valence-corrected chi connectivity index (χ2v) is 5.64. The number of ether oxygens (including phenoxy) is 1. The van der Waals surface area contributed by atoms with Crippen LogP contribution in [0, 0.1) is 5.92 Å². The van der Waals surface area contributed by atoms with Crippen LogP contribution in [0.2, 0.25) is 0 Å². The quantitative estimate of drug-likeness (QED) is 0.781. The van der Waals surface area contributed by atoms with Crippen molar-refractivity contribution in [2.24, 2.45) is 5.92 Å². The van der Waals surface area contributed by atoms with Crippen molar-refractivity contribution >= 4 is 5.91 Å². The molecule has 4 nitrogen and oxygen atoms in total. The lowest BCUT2D eigenvalue weighted by Crippen LogP contribution is -2.41. The molecule has 1 heterocycles. The first-order valence-corrected chi connectivity index (χ1v) is 7.33. The minimum atomic E-state index is -0.0543. The summed E-state index contributed by atoms with van der Waals surface area (Å²) < 4.78 is 5.25. The molecule has 18 heavy (non-hydrogen) atoms. The standard InChI is InChI=1S/C14H26N2O2/c1-18-12-9-13(16-10-12)14(17)15-8-7-11-5-3-2-4-6-11/h11-13,16H,2-10H2,1H3,(H,15,17). The number of rotatable bonds is 5. The van der Waals surface area contributed by atoms with Gasteiger partial charge in [0.05, 0.1) is 12.1 Å². The molecule has 0 aromatic carbocycles. The molecule has 0 spiro atoms. The van der Waals surface area contributed by atoms with Crippen LogP contribution in [-0.4, -0.2) is 38.3 Å². The summed E-state index contributed by atoms with van der Waals surface area (Å²) in [5.74, 6) is 0.979. The minimum Gasteiger partial charge on any atom is -0.380 e. The molecule has 2 fully saturated rings. The molecule has 1 saturated heterocycles. The molecule has 2 N–H and O–H groups in total. The lowest BCUT2D eigenvalue weighted by atomic mass is 9.87. The highest BCUT2D eigenvalue weighted by Crippen LogP contribution is 2.25. The number of carbonyl (C=O) groups is 1. The highest BCUT2D eigenvalue weighted by atomic mass is 16.5. The van der Waals surface area contributed by atoms with Gasteiger partial charge in [-0.1, -0.05) is 32.1 Å². The number of nitrogens with one attached hydrogen (secondary N) is 2. The summed E-state index contributed by atoms with van der Waals surface area (Å²) in [4.78, 5) is 11.9. The zero-order valence-corrected chi connectivity index (χ0v) is 11.4. The molecule has 2 atom stereocenters. The minimum absolute atomic E-state index is 0.0543. The monoisotopic (exact) mass is 254 g/mol. The smallest absolute Gasteiger partial charge is 0.237 e. The fraction of sp³-hybridized carbons (Fsp3) is 0.929. The Kier molecular flexibility index (Phi) is 5.45. The van der Waals surface area contributed by atoms with Gasteiger partial charge in [-0.25, -0.2) is 0 Å². The van der Waals surface area contributed by atoms with Gasteiger partial charge in [-0.3, -0.25) is 4.79 Å². The Morgan fingerprint density at radius 3 is 2.78 bits per heavy atom. The third kappa shape index (κ3) is 3.95. The molecule has 0 aromatic rings. The van der Waals surface area contributed by atoms with Crippen molar-refractivity contribution in [1.29, 1.82) is 0 Å². The Hall–Kier alpha value is -0.610. The molecular weight excluding hydrogens is 228 g/mol. The third-order valence-electron chi connectivity index (χ3n) is 4.32. The number of hydrogen-bond acceptors (Lipinski definition) is 3. The molecule has 2 aliphatic rings. The van der Waals surface area contributed by atoms with Crippen LogP contribution in [-0.2, 0) is 9.53 Å². The fourth-order valence-electron chi connectivity index (χ4n) is 3.08. The van der Waals surface area contributed by atoms with Gasteiger partial charge in [0, 0.05) is 20.2 Å². The van der Waals surface area contributed by atoms with Gasteiger partial charge in [-0.15, -0.1) is 0 Å². The second-order valence-electron chi connectivity index (χ2n) is 5.64. The summed E-state index contributed by atoms with van der Waals surface area (Å²) in [5, 5.41) is 6.27. The summed E-state index contributed by atoms with van der Waals surface area (Å²) in [6, 6.07) is -0.0543. The van der Waals surface area contributed by atoms with Crippen LogP contribution < -0.4 is 10.6 Å². The SMILES string of the molecule is COC1CNC(C(=O)NCCC2CCCCC2)C1. The molecule has 1 saturated carbocycles. The van der Waals surface area contributed by atoms with E-state index in [-0.39, 0.29) is 18.1 Å². The molecule has 1 aliphatic heterocycles. The summed E-state index contributed by atoms with van der Waals surface area (Å²) in [6.45, 7) is 1.62. The molecular formula is C14H26N2O2. The lowest BCUT2D eigenvalue weighted by Gasteiger charge is -2.21. The van der Waals surface area contributed by atoms with E-state index in [1.807, 2.05) is 0 Å². The van der Waals surface area contributed by atoms with Gasteiger partial charge in [-0.05, 0) is 18.8 Å². The molecule has 0 bridgehead atoms. The predicted molar refractivity (Wildman–Crippen MR) is 71.4 cm³/mol. The van der Waals surface area contributed by atoms with E-state index in [2.05, 4.69) is 10.6 Å². The summed E-state index contributed by atoms with van der Waals surface area (Å²) >= 11 is 0. The maximum absolute atomic E-state index is 11.9. The fourth-order valence-corrected chi connectivity index (χ4v) is 3.08.